The fourth-order valence-corrected chi connectivity index (χ4v) is 2.36. The summed E-state index contributed by atoms with van der Waals surface area (Å²) in [4.78, 5) is 15.9. The summed E-state index contributed by atoms with van der Waals surface area (Å²) >= 11 is 1.58. The molecule has 2 aromatic rings. The van der Waals surface area contributed by atoms with Gasteiger partial charge in [-0.1, -0.05) is 6.92 Å². The van der Waals surface area contributed by atoms with Gasteiger partial charge in [0.2, 0.25) is 0 Å². The van der Waals surface area contributed by atoms with Crippen LogP contribution in [0.1, 0.15) is 23.4 Å². The molecule has 1 atom stereocenters. The number of ether oxygens (including phenoxy) is 1. The molecule has 0 radical (unpaired) electrons. The summed E-state index contributed by atoms with van der Waals surface area (Å²) in [5, 5.41) is 14.4. The van der Waals surface area contributed by atoms with Crippen LogP contribution in [0, 0.1) is 11.3 Å². The second kappa shape index (κ2) is 7.41. The number of hydrogen-bond donors (Lipinski definition) is 1. The van der Waals surface area contributed by atoms with Crippen molar-refractivity contribution in [2.45, 2.75) is 12.8 Å². The zero-order valence-electron chi connectivity index (χ0n) is 11.6. The van der Waals surface area contributed by atoms with E-state index in [9.17, 15) is 4.79 Å². The third-order valence-corrected chi connectivity index (χ3v) is 3.84. The average molecular weight is 301 g/mol. The van der Waals surface area contributed by atoms with Crippen LogP contribution in [0.4, 0.5) is 0 Å². The molecule has 2 rings (SSSR count). The van der Waals surface area contributed by atoms with Crippen LogP contribution in [0.2, 0.25) is 0 Å². The Balaban J connectivity index is 1.73. The number of nitrogens with zero attached hydrogens (tertiary/aromatic N) is 2. The Bertz CT molecular complexity index is 617. The standard InChI is InChI=1S/C15H15N3O2S/c1-11(15-17-6-7-21-15)9-18-14(19)10-20-13-4-2-12(8-16)3-5-13/h2-7,11H,9-10H2,1H3,(H,18,19). The third-order valence-electron chi connectivity index (χ3n) is 2.83. The molecule has 1 N–H and O–H groups in total. The van der Waals surface area contributed by atoms with Crippen LogP contribution in [0.3, 0.4) is 0 Å². The molecule has 0 aliphatic heterocycles. The quantitative estimate of drug-likeness (QED) is 0.888. The van der Waals surface area contributed by atoms with Crippen molar-refractivity contribution in [3.05, 3.63) is 46.4 Å². The lowest BCUT2D eigenvalue weighted by molar-refractivity contribution is -0.123. The van der Waals surface area contributed by atoms with Gasteiger partial charge in [0.1, 0.15) is 5.75 Å². The normalized spacial score (nSPS) is 11.4. The van der Waals surface area contributed by atoms with Gasteiger partial charge in [0, 0.05) is 24.0 Å². The number of amides is 1. The summed E-state index contributed by atoms with van der Waals surface area (Å²) in [5.41, 5.74) is 0.559. The number of carbonyl (C=O) groups is 1. The topological polar surface area (TPSA) is 75.0 Å². The first-order valence-electron chi connectivity index (χ1n) is 6.48. The number of benzene rings is 1. The predicted molar refractivity (Wildman–Crippen MR) is 80.2 cm³/mol. The van der Waals surface area contributed by atoms with E-state index in [1.807, 2.05) is 18.4 Å². The number of thiazole rings is 1. The third kappa shape index (κ3) is 4.58. The number of hydrogen-bond acceptors (Lipinski definition) is 5. The van der Waals surface area contributed by atoms with E-state index in [4.69, 9.17) is 10.00 Å². The predicted octanol–water partition coefficient (Wildman–Crippen LogP) is 2.31. The van der Waals surface area contributed by atoms with Gasteiger partial charge in [0.25, 0.3) is 5.91 Å². The summed E-state index contributed by atoms with van der Waals surface area (Å²) < 4.78 is 5.36. The van der Waals surface area contributed by atoms with Crippen LogP contribution in [0.25, 0.3) is 0 Å². The van der Waals surface area contributed by atoms with Crippen LogP contribution < -0.4 is 10.1 Å². The van der Waals surface area contributed by atoms with Crippen molar-refractivity contribution in [3.63, 3.8) is 0 Å². The van der Waals surface area contributed by atoms with Gasteiger partial charge in [-0.2, -0.15) is 5.26 Å². The van der Waals surface area contributed by atoms with E-state index in [0.29, 0.717) is 17.9 Å². The maximum atomic E-state index is 11.7. The largest absolute Gasteiger partial charge is 0.484 e. The highest BCUT2D eigenvalue weighted by atomic mass is 32.1. The van der Waals surface area contributed by atoms with Crippen molar-refractivity contribution >= 4 is 17.2 Å². The minimum atomic E-state index is -0.178. The molecule has 108 valence electrons. The highest BCUT2D eigenvalue weighted by Crippen LogP contribution is 2.16. The van der Waals surface area contributed by atoms with Gasteiger partial charge >= 0.3 is 0 Å². The molecule has 21 heavy (non-hydrogen) atoms. The Morgan fingerprint density at radius 2 is 2.24 bits per heavy atom. The molecule has 0 aliphatic carbocycles. The first-order valence-corrected chi connectivity index (χ1v) is 7.36. The van der Waals surface area contributed by atoms with Crippen LogP contribution in [-0.4, -0.2) is 24.0 Å². The van der Waals surface area contributed by atoms with Gasteiger partial charge in [0.05, 0.1) is 16.6 Å². The maximum absolute atomic E-state index is 11.7. The second-order valence-corrected chi connectivity index (χ2v) is 5.43. The van der Waals surface area contributed by atoms with Crippen molar-refractivity contribution in [2.75, 3.05) is 13.2 Å². The van der Waals surface area contributed by atoms with E-state index in [1.54, 1.807) is 41.8 Å². The molecular formula is C15H15N3O2S. The molecule has 1 aromatic carbocycles. The Morgan fingerprint density at radius 1 is 1.48 bits per heavy atom. The van der Waals surface area contributed by atoms with E-state index >= 15 is 0 Å². The molecule has 0 bridgehead atoms. The first-order chi connectivity index (χ1) is 10.2. The molecular weight excluding hydrogens is 286 g/mol. The second-order valence-electron chi connectivity index (χ2n) is 4.50. The fraction of sp³-hybridized carbons (Fsp3) is 0.267. The minimum absolute atomic E-state index is 0.0451. The number of aromatic nitrogens is 1. The highest BCUT2D eigenvalue weighted by molar-refractivity contribution is 7.09. The SMILES string of the molecule is CC(CNC(=O)COc1ccc(C#N)cc1)c1nccs1. The van der Waals surface area contributed by atoms with Crippen LogP contribution in [0.15, 0.2) is 35.8 Å². The van der Waals surface area contributed by atoms with E-state index < -0.39 is 0 Å². The number of rotatable bonds is 6. The molecule has 0 fully saturated rings. The number of carbonyl (C=O) groups excluding carboxylic acids is 1. The van der Waals surface area contributed by atoms with Crippen molar-refractivity contribution in [3.8, 4) is 11.8 Å². The van der Waals surface area contributed by atoms with Gasteiger partial charge < -0.3 is 10.1 Å². The summed E-state index contributed by atoms with van der Waals surface area (Å²) in [6.07, 6.45) is 1.76. The van der Waals surface area contributed by atoms with Crippen molar-refractivity contribution in [2.24, 2.45) is 0 Å². The molecule has 0 aliphatic rings. The molecule has 0 saturated carbocycles. The van der Waals surface area contributed by atoms with Crippen molar-refractivity contribution in [1.82, 2.24) is 10.3 Å². The van der Waals surface area contributed by atoms with E-state index in [-0.39, 0.29) is 18.4 Å². The van der Waals surface area contributed by atoms with Gasteiger partial charge in [0.15, 0.2) is 6.61 Å². The molecule has 1 amide bonds. The van der Waals surface area contributed by atoms with Crippen LogP contribution in [-0.2, 0) is 4.79 Å². The molecule has 0 saturated heterocycles. The van der Waals surface area contributed by atoms with Gasteiger partial charge in [-0.3, -0.25) is 4.79 Å². The Kier molecular flexibility index (Phi) is 5.29. The molecule has 5 nitrogen and oxygen atoms in total. The van der Waals surface area contributed by atoms with Crippen molar-refractivity contribution in [1.29, 1.82) is 5.26 Å². The average Bonchev–Trinajstić information content (AvgIpc) is 3.05. The lowest BCUT2D eigenvalue weighted by Crippen LogP contribution is -2.31. The Labute approximate surface area is 127 Å². The van der Waals surface area contributed by atoms with Crippen molar-refractivity contribution < 1.29 is 9.53 Å². The van der Waals surface area contributed by atoms with Gasteiger partial charge in [-0.25, -0.2) is 4.98 Å². The summed E-state index contributed by atoms with van der Waals surface area (Å²) in [6.45, 7) is 2.50. The molecule has 1 aromatic heterocycles. The van der Waals surface area contributed by atoms with E-state index in [1.165, 1.54) is 0 Å². The Morgan fingerprint density at radius 3 is 2.86 bits per heavy atom. The first kappa shape index (κ1) is 15.0. The number of nitriles is 1. The van der Waals surface area contributed by atoms with Gasteiger partial charge in [-0.15, -0.1) is 11.3 Å². The number of nitrogens with one attached hydrogen (secondary N) is 1. The van der Waals surface area contributed by atoms with E-state index in [2.05, 4.69) is 10.3 Å². The smallest absolute Gasteiger partial charge is 0.257 e. The fourth-order valence-electron chi connectivity index (χ4n) is 1.66. The minimum Gasteiger partial charge on any atom is -0.484 e. The molecule has 1 heterocycles. The lowest BCUT2D eigenvalue weighted by atomic mass is 10.2. The lowest BCUT2D eigenvalue weighted by Gasteiger charge is -2.11. The zero-order chi connectivity index (χ0) is 15.1. The zero-order valence-corrected chi connectivity index (χ0v) is 12.4. The van der Waals surface area contributed by atoms with Crippen LogP contribution >= 0.6 is 11.3 Å². The van der Waals surface area contributed by atoms with E-state index in [0.717, 1.165) is 5.01 Å². The van der Waals surface area contributed by atoms with Gasteiger partial charge in [-0.05, 0) is 24.3 Å². The van der Waals surface area contributed by atoms with Crippen LogP contribution in [0.5, 0.6) is 5.75 Å². The monoisotopic (exact) mass is 301 g/mol. The molecule has 0 spiro atoms. The summed E-state index contributed by atoms with van der Waals surface area (Å²) in [7, 11) is 0. The highest BCUT2D eigenvalue weighted by Gasteiger charge is 2.10. The summed E-state index contributed by atoms with van der Waals surface area (Å²) in [5.74, 6) is 0.573. The molecule has 6 heteroatoms. The molecule has 1 unspecified atom stereocenters. The Hall–Kier alpha value is -2.39. The maximum Gasteiger partial charge on any atom is 0.257 e. The summed E-state index contributed by atoms with van der Waals surface area (Å²) in [6, 6.07) is 8.67.